The van der Waals surface area contributed by atoms with E-state index in [-0.39, 0.29) is 5.39 Å². The molecule has 0 spiro atoms. The molecule has 1 N–H and O–H groups in total. The van der Waals surface area contributed by atoms with E-state index in [0.717, 1.165) is 4.68 Å². The summed E-state index contributed by atoms with van der Waals surface area (Å²) in [5, 5.41) is 31.9. The molecule has 1 aromatic heterocycles. The molecule has 27 heavy (non-hydrogen) atoms. The van der Waals surface area contributed by atoms with Gasteiger partial charge in [-0.05, 0) is 18.1 Å². The van der Waals surface area contributed by atoms with Gasteiger partial charge in [0.2, 0.25) is 5.91 Å². The standard InChI is InChI=1S/C17H20N4O6/c1-3-9(2)14(15(24)18-12(17(26)27)8-13(22)23)21-16(25)10-6-4-5-7-11(10)19-20-21/h4-7,9,12,14H,3,8H2,1-2H3,(H,18,24)(H,22,23)(H,26,27)/p-2/t9-,12-,14-/m0/s1. The van der Waals surface area contributed by atoms with Crippen molar-refractivity contribution in [3.05, 3.63) is 34.6 Å². The Morgan fingerprint density at radius 2 is 1.89 bits per heavy atom. The molecular weight excluding hydrogens is 356 g/mol. The first-order chi connectivity index (χ1) is 12.8. The van der Waals surface area contributed by atoms with Crippen molar-refractivity contribution in [3.63, 3.8) is 0 Å². The second-order valence-electron chi connectivity index (χ2n) is 6.14. The summed E-state index contributed by atoms with van der Waals surface area (Å²) in [7, 11) is 0. The van der Waals surface area contributed by atoms with Gasteiger partial charge in [0.15, 0.2) is 0 Å². The van der Waals surface area contributed by atoms with Gasteiger partial charge in [0.1, 0.15) is 11.6 Å². The van der Waals surface area contributed by atoms with Crippen LogP contribution in [-0.2, 0) is 14.4 Å². The van der Waals surface area contributed by atoms with E-state index in [1.807, 2.05) is 0 Å². The molecule has 10 nitrogen and oxygen atoms in total. The lowest BCUT2D eigenvalue weighted by atomic mass is 9.98. The van der Waals surface area contributed by atoms with Crippen molar-refractivity contribution in [1.82, 2.24) is 20.3 Å². The number of carboxylic acid groups (broad SMARTS) is 2. The number of carboxylic acids is 2. The lowest BCUT2D eigenvalue weighted by molar-refractivity contribution is -0.317. The Bertz CT molecular complexity index is 925. The van der Waals surface area contributed by atoms with Gasteiger partial charge < -0.3 is 25.1 Å². The summed E-state index contributed by atoms with van der Waals surface area (Å²) >= 11 is 0. The first-order valence-corrected chi connectivity index (χ1v) is 8.31. The summed E-state index contributed by atoms with van der Waals surface area (Å²) in [6, 6.07) is 3.48. The van der Waals surface area contributed by atoms with Gasteiger partial charge in [0.05, 0.1) is 17.4 Å². The summed E-state index contributed by atoms with van der Waals surface area (Å²) in [6.07, 6.45) is -0.491. The van der Waals surface area contributed by atoms with Gasteiger partial charge in [0.25, 0.3) is 5.56 Å². The highest BCUT2D eigenvalue weighted by atomic mass is 16.4. The van der Waals surface area contributed by atoms with Crippen LogP contribution < -0.4 is 21.1 Å². The number of aliphatic carboxylic acids is 2. The van der Waals surface area contributed by atoms with E-state index < -0.39 is 47.8 Å². The van der Waals surface area contributed by atoms with Crippen LogP contribution in [0.25, 0.3) is 10.9 Å². The average molecular weight is 374 g/mol. The number of hydrogen-bond acceptors (Lipinski definition) is 8. The molecule has 0 fully saturated rings. The number of benzene rings is 1. The van der Waals surface area contributed by atoms with Crippen molar-refractivity contribution in [2.75, 3.05) is 0 Å². The van der Waals surface area contributed by atoms with Crippen LogP contribution in [0, 0.1) is 5.92 Å². The van der Waals surface area contributed by atoms with Crippen molar-refractivity contribution in [2.24, 2.45) is 5.92 Å². The fourth-order valence-corrected chi connectivity index (χ4v) is 2.63. The van der Waals surface area contributed by atoms with Gasteiger partial charge in [-0.2, -0.15) is 4.68 Å². The monoisotopic (exact) mass is 374 g/mol. The molecule has 0 radical (unpaired) electrons. The summed E-state index contributed by atoms with van der Waals surface area (Å²) < 4.78 is 0.886. The van der Waals surface area contributed by atoms with E-state index in [4.69, 9.17) is 0 Å². The molecule has 10 heteroatoms. The van der Waals surface area contributed by atoms with Gasteiger partial charge in [0, 0.05) is 12.4 Å². The summed E-state index contributed by atoms with van der Waals surface area (Å²) in [5.41, 5.74) is -0.211. The number of carbonyl (C=O) groups excluding carboxylic acids is 3. The first kappa shape index (κ1) is 20.0. The zero-order valence-corrected chi connectivity index (χ0v) is 14.7. The fraction of sp³-hybridized carbons (Fsp3) is 0.412. The molecule has 0 saturated heterocycles. The average Bonchev–Trinajstić information content (AvgIpc) is 2.62. The zero-order chi connectivity index (χ0) is 20.1. The zero-order valence-electron chi connectivity index (χ0n) is 14.7. The Balaban J connectivity index is 2.45. The number of amides is 1. The molecule has 0 aliphatic rings. The van der Waals surface area contributed by atoms with Crippen LogP contribution in [-0.4, -0.2) is 38.9 Å². The van der Waals surface area contributed by atoms with Gasteiger partial charge in [-0.3, -0.25) is 9.59 Å². The van der Waals surface area contributed by atoms with Gasteiger partial charge >= 0.3 is 0 Å². The lowest BCUT2D eigenvalue weighted by Gasteiger charge is -2.27. The Hall–Kier alpha value is -3.30. The topological polar surface area (TPSA) is 157 Å². The molecule has 0 aliphatic carbocycles. The van der Waals surface area contributed by atoms with E-state index in [9.17, 15) is 29.4 Å². The second kappa shape index (κ2) is 8.39. The number of rotatable bonds is 8. The SMILES string of the molecule is CC[C@H](C)[C@@H](C(=O)N[C@@H](CC(=O)[O-])C(=O)[O-])n1nnc2ccccc2c1=O. The molecule has 0 aliphatic heterocycles. The van der Waals surface area contributed by atoms with Crippen molar-refractivity contribution in [3.8, 4) is 0 Å². The van der Waals surface area contributed by atoms with E-state index in [1.165, 1.54) is 6.07 Å². The molecule has 1 amide bonds. The largest absolute Gasteiger partial charge is 0.550 e. The van der Waals surface area contributed by atoms with E-state index in [1.54, 1.807) is 32.0 Å². The molecule has 1 aromatic carbocycles. The minimum Gasteiger partial charge on any atom is -0.550 e. The van der Waals surface area contributed by atoms with Gasteiger partial charge in [-0.25, -0.2) is 0 Å². The third-order valence-electron chi connectivity index (χ3n) is 4.28. The van der Waals surface area contributed by atoms with E-state index >= 15 is 0 Å². The van der Waals surface area contributed by atoms with E-state index in [2.05, 4.69) is 15.6 Å². The second-order valence-corrected chi connectivity index (χ2v) is 6.14. The van der Waals surface area contributed by atoms with Gasteiger partial charge in [-0.1, -0.05) is 37.6 Å². The van der Waals surface area contributed by atoms with Crippen molar-refractivity contribution in [2.45, 2.75) is 38.8 Å². The van der Waals surface area contributed by atoms with Crippen LogP contribution in [0.2, 0.25) is 0 Å². The molecule has 0 saturated carbocycles. The maximum atomic E-state index is 12.7. The summed E-state index contributed by atoms with van der Waals surface area (Å²) in [4.78, 5) is 47.2. The van der Waals surface area contributed by atoms with Crippen LogP contribution >= 0.6 is 0 Å². The minimum absolute atomic E-state index is 0.250. The molecule has 3 atom stereocenters. The maximum absolute atomic E-state index is 12.7. The Morgan fingerprint density at radius 3 is 2.48 bits per heavy atom. The third kappa shape index (κ3) is 4.46. The maximum Gasteiger partial charge on any atom is 0.278 e. The number of aromatic nitrogens is 3. The number of hydrogen-bond donors (Lipinski definition) is 1. The normalized spacial score (nSPS) is 14.3. The highest BCUT2D eigenvalue weighted by Crippen LogP contribution is 2.20. The Kier molecular flexibility index (Phi) is 6.22. The number of fused-ring (bicyclic) bond motifs is 1. The van der Waals surface area contributed by atoms with Crippen LogP contribution in [0.3, 0.4) is 0 Å². The predicted molar refractivity (Wildman–Crippen MR) is 88.9 cm³/mol. The smallest absolute Gasteiger partial charge is 0.278 e. The fourth-order valence-electron chi connectivity index (χ4n) is 2.63. The highest BCUT2D eigenvalue weighted by molar-refractivity contribution is 5.88. The highest BCUT2D eigenvalue weighted by Gasteiger charge is 2.30. The Morgan fingerprint density at radius 1 is 1.22 bits per heavy atom. The number of nitrogens with zero attached hydrogens (tertiary/aromatic N) is 3. The van der Waals surface area contributed by atoms with Crippen LogP contribution in [0.4, 0.5) is 0 Å². The molecule has 2 rings (SSSR count). The van der Waals surface area contributed by atoms with E-state index in [0.29, 0.717) is 11.9 Å². The molecule has 0 bridgehead atoms. The predicted octanol–water partition coefficient (Wildman–Crippen LogP) is -2.25. The quantitative estimate of drug-likeness (QED) is 0.543. The number of carbonyl (C=O) groups is 3. The minimum atomic E-state index is -1.79. The van der Waals surface area contributed by atoms with Crippen LogP contribution in [0.5, 0.6) is 0 Å². The summed E-state index contributed by atoms with van der Waals surface area (Å²) in [6.45, 7) is 3.46. The summed E-state index contributed by atoms with van der Waals surface area (Å²) in [5.74, 6) is -4.71. The molecular formula is C17H18N4O6-2. The molecule has 2 aromatic rings. The molecule has 0 unspecified atom stereocenters. The molecule has 144 valence electrons. The van der Waals surface area contributed by atoms with Crippen molar-refractivity contribution < 1.29 is 24.6 Å². The van der Waals surface area contributed by atoms with Gasteiger partial charge in [-0.15, -0.1) is 5.10 Å². The third-order valence-corrected chi connectivity index (χ3v) is 4.28. The number of nitrogens with one attached hydrogen (secondary N) is 1. The first-order valence-electron chi connectivity index (χ1n) is 8.31. The van der Waals surface area contributed by atoms with Crippen LogP contribution in [0.15, 0.2) is 29.1 Å². The van der Waals surface area contributed by atoms with Crippen LogP contribution in [0.1, 0.15) is 32.7 Å². The molecule has 1 heterocycles. The Labute approximate surface area is 153 Å². The van der Waals surface area contributed by atoms with Crippen molar-refractivity contribution in [1.29, 1.82) is 0 Å². The lowest BCUT2D eigenvalue weighted by Crippen LogP contribution is -2.53. The van der Waals surface area contributed by atoms with Crippen molar-refractivity contribution >= 4 is 28.7 Å².